The van der Waals surface area contributed by atoms with Gasteiger partial charge in [-0.1, -0.05) is 23.4 Å². The molecule has 2 aromatic carbocycles. The van der Waals surface area contributed by atoms with E-state index >= 15 is 8.78 Å². The minimum absolute atomic E-state index is 0.0394. The van der Waals surface area contributed by atoms with Gasteiger partial charge in [0.2, 0.25) is 5.91 Å². The van der Waals surface area contributed by atoms with Crippen molar-refractivity contribution in [3.05, 3.63) is 59.0 Å². The van der Waals surface area contributed by atoms with E-state index in [9.17, 15) is 9.18 Å². The van der Waals surface area contributed by atoms with Crippen LogP contribution >= 0.6 is 0 Å². The number of benzene rings is 2. The molecule has 4 heterocycles. The highest BCUT2D eigenvalue weighted by molar-refractivity contribution is 5.99. The Balaban J connectivity index is 1.00. The van der Waals surface area contributed by atoms with Gasteiger partial charge in [0, 0.05) is 36.8 Å². The topological polar surface area (TPSA) is 49.6 Å². The molecule has 8 heteroatoms. The number of para-hydroxylation sites is 1. The average Bonchev–Trinajstić information content (AvgIpc) is 3.48. The number of unbranched alkanes of at least 4 members (excludes halogenated alkanes) is 1. The normalized spacial score (nSPS) is 20.9. The van der Waals surface area contributed by atoms with Crippen LogP contribution in [-0.4, -0.2) is 48.1 Å². The second-order valence-corrected chi connectivity index (χ2v) is 10.5. The maximum atomic E-state index is 15.3. The van der Waals surface area contributed by atoms with E-state index in [-0.39, 0.29) is 30.6 Å². The summed E-state index contributed by atoms with van der Waals surface area (Å²) in [6.07, 6.45) is 3.87. The molecule has 1 saturated heterocycles. The number of piperidine rings is 1. The van der Waals surface area contributed by atoms with Gasteiger partial charge in [-0.15, -0.1) is 0 Å². The fourth-order valence-corrected chi connectivity index (χ4v) is 6.29. The molecule has 6 rings (SSSR count). The van der Waals surface area contributed by atoms with Gasteiger partial charge in [0.1, 0.15) is 5.82 Å². The summed E-state index contributed by atoms with van der Waals surface area (Å²) in [6, 6.07) is 10.1. The summed E-state index contributed by atoms with van der Waals surface area (Å²) >= 11 is 0. The number of nitrogens with zero attached hydrogens (tertiary/aromatic N) is 3. The molecule has 0 spiro atoms. The van der Waals surface area contributed by atoms with Crippen molar-refractivity contribution in [2.24, 2.45) is 0 Å². The summed E-state index contributed by atoms with van der Waals surface area (Å²) in [7, 11) is 0. The molecule has 0 N–H and O–H groups in total. The fourth-order valence-electron chi connectivity index (χ4n) is 6.29. The van der Waals surface area contributed by atoms with Crippen LogP contribution < -0.4 is 4.90 Å². The molecule has 190 valence electrons. The highest BCUT2D eigenvalue weighted by Gasteiger charge is 2.48. The molecule has 1 atom stereocenters. The largest absolute Gasteiger partial charge is 0.356 e. The summed E-state index contributed by atoms with van der Waals surface area (Å²) in [5.74, 6) is -3.87. The van der Waals surface area contributed by atoms with E-state index in [2.05, 4.69) is 10.1 Å². The number of alkyl halides is 2. The first-order valence-corrected chi connectivity index (χ1v) is 13.0. The molecule has 0 saturated carbocycles. The standard InChI is InChI=1S/C28H30F3N3O2/c29-20-7-8-22-24(16-20)36-32-26(22)18-10-14-33(15-11-18)13-2-1-12-28(30,31)23-17-34-25(35)9-6-19-4-3-5-21(23)27(19)34/h3-5,7-8,16,18,23H,1-2,6,9-15,17H2. The van der Waals surface area contributed by atoms with Gasteiger partial charge in [0.15, 0.2) is 5.58 Å². The van der Waals surface area contributed by atoms with Crippen molar-refractivity contribution in [2.75, 3.05) is 31.1 Å². The lowest BCUT2D eigenvalue weighted by Gasteiger charge is -2.31. The van der Waals surface area contributed by atoms with Crippen molar-refractivity contribution >= 4 is 22.6 Å². The number of amides is 1. The molecule has 0 radical (unpaired) electrons. The predicted molar refractivity (Wildman–Crippen MR) is 131 cm³/mol. The Kier molecular flexibility index (Phi) is 6.02. The first-order valence-electron chi connectivity index (χ1n) is 13.0. The number of likely N-dealkylation sites (tertiary alicyclic amines) is 1. The van der Waals surface area contributed by atoms with Gasteiger partial charge in [0.05, 0.1) is 17.3 Å². The van der Waals surface area contributed by atoms with Crippen molar-refractivity contribution in [3.63, 3.8) is 0 Å². The second kappa shape index (κ2) is 9.21. The van der Waals surface area contributed by atoms with Crippen molar-refractivity contribution in [3.8, 4) is 0 Å². The Morgan fingerprint density at radius 2 is 1.92 bits per heavy atom. The number of hydrogen-bond acceptors (Lipinski definition) is 4. The minimum Gasteiger partial charge on any atom is -0.356 e. The second-order valence-electron chi connectivity index (χ2n) is 10.5. The maximum absolute atomic E-state index is 15.3. The Hall–Kier alpha value is -2.87. The lowest BCUT2D eigenvalue weighted by atomic mass is 9.89. The molecule has 1 amide bonds. The molecule has 36 heavy (non-hydrogen) atoms. The van der Waals surface area contributed by atoms with Crippen molar-refractivity contribution in [2.45, 2.75) is 62.7 Å². The molecule has 1 fully saturated rings. The van der Waals surface area contributed by atoms with Gasteiger partial charge < -0.3 is 14.3 Å². The Morgan fingerprint density at radius 3 is 2.75 bits per heavy atom. The van der Waals surface area contributed by atoms with E-state index < -0.39 is 11.8 Å². The molecule has 3 aliphatic heterocycles. The number of rotatable bonds is 7. The van der Waals surface area contributed by atoms with Crippen LogP contribution in [0.25, 0.3) is 11.0 Å². The van der Waals surface area contributed by atoms with Gasteiger partial charge in [-0.3, -0.25) is 4.79 Å². The molecular weight excluding hydrogens is 467 g/mol. The third-order valence-electron chi connectivity index (χ3n) is 8.25. The Morgan fingerprint density at radius 1 is 1.08 bits per heavy atom. The average molecular weight is 498 g/mol. The van der Waals surface area contributed by atoms with E-state index in [1.165, 1.54) is 12.1 Å². The number of carbonyl (C=O) groups is 1. The molecule has 5 nitrogen and oxygen atoms in total. The van der Waals surface area contributed by atoms with Crippen LogP contribution in [0.1, 0.15) is 67.2 Å². The van der Waals surface area contributed by atoms with Crippen LogP contribution in [0.3, 0.4) is 0 Å². The molecule has 1 aromatic heterocycles. The summed E-state index contributed by atoms with van der Waals surface area (Å²) in [6.45, 7) is 2.65. The van der Waals surface area contributed by atoms with Crippen molar-refractivity contribution in [1.29, 1.82) is 0 Å². The Labute approximate surface area is 208 Å². The number of fused-ring (bicyclic) bond motifs is 1. The first kappa shape index (κ1) is 23.5. The van der Waals surface area contributed by atoms with Crippen molar-refractivity contribution < 1.29 is 22.5 Å². The van der Waals surface area contributed by atoms with Crippen LogP contribution in [-0.2, 0) is 11.2 Å². The van der Waals surface area contributed by atoms with Gasteiger partial charge in [-0.25, -0.2) is 13.2 Å². The monoisotopic (exact) mass is 497 g/mol. The quantitative estimate of drug-likeness (QED) is 0.374. The van der Waals surface area contributed by atoms with Crippen LogP contribution in [0, 0.1) is 5.82 Å². The van der Waals surface area contributed by atoms with Gasteiger partial charge in [0.25, 0.3) is 5.92 Å². The summed E-state index contributed by atoms with van der Waals surface area (Å²) < 4.78 is 49.4. The van der Waals surface area contributed by atoms with Crippen LogP contribution in [0.2, 0.25) is 0 Å². The molecule has 1 unspecified atom stereocenters. The van der Waals surface area contributed by atoms with E-state index in [0.717, 1.165) is 54.8 Å². The molecule has 0 bridgehead atoms. The number of anilines is 1. The van der Waals surface area contributed by atoms with Crippen molar-refractivity contribution in [1.82, 2.24) is 10.1 Å². The number of aryl methyl sites for hydroxylation is 1. The van der Waals surface area contributed by atoms with E-state index in [1.807, 2.05) is 12.1 Å². The SMILES string of the molecule is O=C1CCc2cccc3c2N1CC3C(F)(F)CCCCN1CCC(c2noc3cc(F)ccc23)CC1. The summed E-state index contributed by atoms with van der Waals surface area (Å²) in [4.78, 5) is 16.3. The highest BCUT2D eigenvalue weighted by Crippen LogP contribution is 2.49. The van der Waals surface area contributed by atoms with E-state index in [4.69, 9.17) is 4.52 Å². The minimum atomic E-state index is -2.84. The number of aromatic nitrogens is 1. The number of hydrogen-bond donors (Lipinski definition) is 0. The van der Waals surface area contributed by atoms with Gasteiger partial charge >= 0.3 is 0 Å². The first-order chi connectivity index (χ1) is 17.4. The summed E-state index contributed by atoms with van der Waals surface area (Å²) in [5, 5.41) is 5.07. The van der Waals surface area contributed by atoms with E-state index in [0.29, 0.717) is 36.8 Å². The van der Waals surface area contributed by atoms with Crippen LogP contribution in [0.15, 0.2) is 40.9 Å². The molecule has 0 aliphatic carbocycles. The zero-order valence-electron chi connectivity index (χ0n) is 20.2. The maximum Gasteiger partial charge on any atom is 0.256 e. The van der Waals surface area contributed by atoms with Gasteiger partial charge in [-0.05, 0) is 75.0 Å². The van der Waals surface area contributed by atoms with Crippen LogP contribution in [0.4, 0.5) is 18.9 Å². The molecule has 3 aliphatic rings. The van der Waals surface area contributed by atoms with Crippen LogP contribution in [0.5, 0.6) is 0 Å². The lowest BCUT2D eigenvalue weighted by Crippen LogP contribution is -2.37. The number of halogens is 3. The zero-order chi connectivity index (χ0) is 24.9. The zero-order valence-corrected chi connectivity index (χ0v) is 20.2. The third kappa shape index (κ3) is 4.19. The predicted octanol–water partition coefficient (Wildman–Crippen LogP) is 6.03. The smallest absolute Gasteiger partial charge is 0.256 e. The highest BCUT2D eigenvalue weighted by atomic mass is 19.3. The molecular formula is C28H30F3N3O2. The summed E-state index contributed by atoms with van der Waals surface area (Å²) in [5.41, 5.74) is 3.76. The van der Waals surface area contributed by atoms with Gasteiger partial charge in [-0.2, -0.15) is 0 Å². The number of carbonyl (C=O) groups excluding carboxylic acids is 1. The Bertz CT molecular complexity index is 1280. The third-order valence-corrected chi connectivity index (χ3v) is 8.25. The fraction of sp³-hybridized carbons (Fsp3) is 0.500. The molecule has 3 aromatic rings. The lowest BCUT2D eigenvalue weighted by molar-refractivity contribution is -0.119. The van der Waals surface area contributed by atoms with E-state index in [1.54, 1.807) is 17.0 Å².